The zero-order chi connectivity index (χ0) is 16.8. The van der Waals surface area contributed by atoms with Gasteiger partial charge in [-0.2, -0.15) is 0 Å². The largest absolute Gasteiger partial charge is 0.367 e. The Morgan fingerprint density at radius 1 is 1.08 bits per heavy atom. The molecule has 0 unspecified atom stereocenters. The molecule has 0 saturated heterocycles. The molecule has 1 aliphatic rings. The van der Waals surface area contributed by atoms with Crippen molar-refractivity contribution >= 4 is 42.1 Å². The molecule has 26 heavy (non-hydrogen) atoms. The van der Waals surface area contributed by atoms with E-state index in [1.54, 1.807) is 0 Å². The van der Waals surface area contributed by atoms with Crippen LogP contribution in [0.3, 0.4) is 0 Å². The van der Waals surface area contributed by atoms with Gasteiger partial charge in [-0.05, 0) is 49.7 Å². The number of carbonyl (C=O) groups excluding carboxylic acids is 1. The molecule has 6 heteroatoms. The van der Waals surface area contributed by atoms with E-state index in [9.17, 15) is 4.79 Å². The van der Waals surface area contributed by atoms with Crippen LogP contribution in [-0.2, 0) is 17.8 Å². The zero-order valence-corrected chi connectivity index (χ0v) is 16.7. The van der Waals surface area contributed by atoms with E-state index in [0.717, 1.165) is 43.7 Å². The maximum Gasteiger partial charge on any atom is 0.224 e. The number of hydrogen-bond acceptors (Lipinski definition) is 3. The zero-order valence-electron chi connectivity index (χ0n) is 15.0. The van der Waals surface area contributed by atoms with Gasteiger partial charge in [0.2, 0.25) is 5.91 Å². The van der Waals surface area contributed by atoms with E-state index in [1.165, 1.54) is 11.3 Å². The molecule has 0 radical (unpaired) electrons. The summed E-state index contributed by atoms with van der Waals surface area (Å²) in [5, 5.41) is 6.14. The molecule has 142 valence electrons. The number of hydrogen-bond donors (Lipinski definition) is 2. The van der Waals surface area contributed by atoms with Gasteiger partial charge < -0.3 is 15.5 Å². The first-order valence-corrected chi connectivity index (χ1v) is 8.63. The molecule has 2 N–H and O–H groups in total. The average molecular weight is 396 g/mol. The Balaban J connectivity index is 0.00000169. The van der Waals surface area contributed by atoms with Crippen molar-refractivity contribution in [2.24, 2.45) is 0 Å². The van der Waals surface area contributed by atoms with Crippen LogP contribution in [0.2, 0.25) is 0 Å². The van der Waals surface area contributed by atoms with Crippen molar-refractivity contribution in [1.29, 1.82) is 0 Å². The maximum atomic E-state index is 12.1. The summed E-state index contributed by atoms with van der Waals surface area (Å²) in [6.07, 6.45) is 2.49. The number of rotatable bonds is 7. The lowest BCUT2D eigenvalue weighted by molar-refractivity contribution is -0.116. The molecule has 3 rings (SSSR count). The number of halogens is 2. The number of benzene rings is 2. The molecule has 0 saturated carbocycles. The van der Waals surface area contributed by atoms with E-state index < -0.39 is 0 Å². The van der Waals surface area contributed by atoms with Gasteiger partial charge in [0, 0.05) is 30.9 Å². The van der Waals surface area contributed by atoms with Crippen molar-refractivity contribution in [1.82, 2.24) is 5.32 Å². The predicted molar refractivity (Wildman–Crippen MR) is 114 cm³/mol. The van der Waals surface area contributed by atoms with Gasteiger partial charge >= 0.3 is 0 Å². The van der Waals surface area contributed by atoms with Gasteiger partial charge in [-0.15, -0.1) is 24.8 Å². The Labute approximate surface area is 168 Å². The smallest absolute Gasteiger partial charge is 0.224 e. The molecular weight excluding hydrogens is 369 g/mol. The second-order valence-electron chi connectivity index (χ2n) is 6.21. The van der Waals surface area contributed by atoms with Crippen LogP contribution in [0.4, 0.5) is 11.4 Å². The minimum absolute atomic E-state index is 0. The molecule has 0 spiro atoms. The van der Waals surface area contributed by atoms with Crippen LogP contribution in [0.5, 0.6) is 0 Å². The van der Waals surface area contributed by atoms with Crippen molar-refractivity contribution in [3.63, 3.8) is 0 Å². The van der Waals surface area contributed by atoms with Crippen molar-refractivity contribution in [2.45, 2.75) is 25.8 Å². The summed E-state index contributed by atoms with van der Waals surface area (Å²) in [4.78, 5) is 14.5. The van der Waals surface area contributed by atoms with Gasteiger partial charge in [0.15, 0.2) is 0 Å². The highest BCUT2D eigenvalue weighted by Crippen LogP contribution is 2.30. The van der Waals surface area contributed by atoms with Gasteiger partial charge in [-0.3, -0.25) is 4.79 Å². The highest BCUT2D eigenvalue weighted by molar-refractivity contribution is 5.91. The first-order chi connectivity index (χ1) is 11.8. The summed E-state index contributed by atoms with van der Waals surface area (Å²) in [7, 11) is 1.90. The van der Waals surface area contributed by atoms with E-state index in [0.29, 0.717) is 6.42 Å². The third-order valence-corrected chi connectivity index (χ3v) is 4.47. The van der Waals surface area contributed by atoms with Crippen LogP contribution in [-0.4, -0.2) is 26.0 Å². The standard InChI is InChI=1S/C20H25N3O.2ClH/c1-21-13-6-11-20(24)22-18-9-4-2-8-17(18)15-23-14-12-16-7-3-5-10-19(16)23;;/h2-5,7-10,21H,6,11-15H2,1H3,(H,22,24);2*1H. The Morgan fingerprint density at radius 3 is 2.62 bits per heavy atom. The van der Waals surface area contributed by atoms with Crippen LogP contribution < -0.4 is 15.5 Å². The Morgan fingerprint density at radius 2 is 1.81 bits per heavy atom. The lowest BCUT2D eigenvalue weighted by Gasteiger charge is -2.21. The summed E-state index contributed by atoms with van der Waals surface area (Å²) < 4.78 is 0. The number of para-hydroxylation sites is 2. The minimum Gasteiger partial charge on any atom is -0.367 e. The number of amides is 1. The van der Waals surface area contributed by atoms with E-state index in [2.05, 4.69) is 45.9 Å². The van der Waals surface area contributed by atoms with E-state index in [-0.39, 0.29) is 30.7 Å². The molecule has 0 bridgehead atoms. The van der Waals surface area contributed by atoms with Crippen molar-refractivity contribution in [2.75, 3.05) is 30.4 Å². The highest BCUT2D eigenvalue weighted by atomic mass is 35.5. The van der Waals surface area contributed by atoms with Crippen LogP contribution in [0.1, 0.15) is 24.0 Å². The molecule has 2 aromatic rings. The second kappa shape index (κ2) is 11.1. The Kier molecular flexibility index (Phi) is 9.49. The summed E-state index contributed by atoms with van der Waals surface area (Å²) in [6.45, 7) is 2.72. The summed E-state index contributed by atoms with van der Waals surface area (Å²) >= 11 is 0. The van der Waals surface area contributed by atoms with Gasteiger partial charge in [0.1, 0.15) is 0 Å². The van der Waals surface area contributed by atoms with Gasteiger partial charge in [0.05, 0.1) is 0 Å². The quantitative estimate of drug-likeness (QED) is 0.695. The summed E-state index contributed by atoms with van der Waals surface area (Å²) in [5.41, 5.74) is 4.81. The SMILES string of the molecule is CNCCCC(=O)Nc1ccccc1CN1CCc2ccccc21.Cl.Cl. The van der Waals surface area contributed by atoms with Crippen molar-refractivity contribution in [3.05, 3.63) is 59.7 Å². The fourth-order valence-electron chi connectivity index (χ4n) is 3.20. The number of fused-ring (bicyclic) bond motifs is 1. The lowest BCUT2D eigenvalue weighted by atomic mass is 10.1. The summed E-state index contributed by atoms with van der Waals surface area (Å²) in [5.74, 6) is 0.0829. The fourth-order valence-corrected chi connectivity index (χ4v) is 3.20. The molecule has 1 aliphatic heterocycles. The van der Waals surface area contributed by atoms with Crippen molar-refractivity contribution in [3.8, 4) is 0 Å². The first-order valence-electron chi connectivity index (χ1n) is 8.63. The van der Waals surface area contributed by atoms with Crippen LogP contribution in [0.15, 0.2) is 48.5 Å². The number of nitrogens with zero attached hydrogens (tertiary/aromatic N) is 1. The molecule has 0 fully saturated rings. The topological polar surface area (TPSA) is 44.4 Å². The maximum absolute atomic E-state index is 12.1. The third kappa shape index (κ3) is 5.63. The summed E-state index contributed by atoms with van der Waals surface area (Å²) in [6, 6.07) is 16.7. The fraction of sp³-hybridized carbons (Fsp3) is 0.350. The van der Waals surface area contributed by atoms with Crippen LogP contribution in [0, 0.1) is 0 Å². The molecule has 1 heterocycles. The highest BCUT2D eigenvalue weighted by Gasteiger charge is 2.19. The third-order valence-electron chi connectivity index (χ3n) is 4.47. The average Bonchev–Trinajstić information content (AvgIpc) is 3.00. The molecule has 0 atom stereocenters. The number of carbonyl (C=O) groups is 1. The van der Waals surface area contributed by atoms with Gasteiger partial charge in [0.25, 0.3) is 0 Å². The minimum atomic E-state index is 0. The Bertz CT molecular complexity index is 709. The van der Waals surface area contributed by atoms with E-state index >= 15 is 0 Å². The van der Waals surface area contributed by atoms with Gasteiger partial charge in [-0.25, -0.2) is 0 Å². The van der Waals surface area contributed by atoms with Crippen LogP contribution in [0.25, 0.3) is 0 Å². The molecule has 1 amide bonds. The first kappa shape index (κ1) is 22.3. The Hall–Kier alpha value is -1.75. The van der Waals surface area contributed by atoms with Gasteiger partial charge in [-0.1, -0.05) is 36.4 Å². The van der Waals surface area contributed by atoms with Crippen molar-refractivity contribution < 1.29 is 4.79 Å². The van der Waals surface area contributed by atoms with Crippen LogP contribution >= 0.6 is 24.8 Å². The number of anilines is 2. The van der Waals surface area contributed by atoms with E-state index in [1.807, 2.05) is 25.2 Å². The monoisotopic (exact) mass is 395 g/mol. The van der Waals surface area contributed by atoms with E-state index in [4.69, 9.17) is 0 Å². The normalized spacial score (nSPS) is 12.0. The molecule has 0 aliphatic carbocycles. The molecule has 0 aromatic heterocycles. The molecular formula is C20H27Cl2N3O. The predicted octanol–water partition coefficient (Wildman–Crippen LogP) is 4.03. The molecule has 2 aromatic carbocycles. The molecule has 4 nitrogen and oxygen atoms in total. The lowest BCUT2D eigenvalue weighted by Crippen LogP contribution is -2.21. The second-order valence-corrected chi connectivity index (χ2v) is 6.21. The number of nitrogens with one attached hydrogen (secondary N) is 2.